The molecule has 0 spiro atoms. The van der Waals surface area contributed by atoms with Gasteiger partial charge in [-0.15, -0.1) is 0 Å². The van der Waals surface area contributed by atoms with Gasteiger partial charge in [0.1, 0.15) is 0 Å². The fraction of sp³-hybridized carbons (Fsp3) is 0. The second kappa shape index (κ2) is 3.82. The first kappa shape index (κ1) is 7.87. The fourth-order valence-electron chi connectivity index (χ4n) is 0.594. The highest BCUT2D eigenvalue weighted by atomic mass is 32.1. The number of anilines is 1. The lowest BCUT2D eigenvalue weighted by atomic mass is 10.4. The number of carbonyl (C=O) groups excluding carboxylic acids is 1. The number of thiol groups is 1. The van der Waals surface area contributed by atoms with Gasteiger partial charge in [0.15, 0.2) is 0 Å². The Hall–Kier alpha value is -1.23. The quantitative estimate of drug-likeness (QED) is 0.550. The summed E-state index contributed by atoms with van der Waals surface area (Å²) in [5, 5.41) is 2.53. The summed E-state index contributed by atoms with van der Waals surface area (Å²) >= 11 is 3.57. The van der Waals surface area contributed by atoms with Crippen molar-refractivity contribution >= 4 is 24.5 Å². The van der Waals surface area contributed by atoms with E-state index in [1.54, 1.807) is 24.5 Å². The monoisotopic (exact) mass is 169 g/mol. The number of hydrogen-bond donors (Lipinski definition) is 3. The van der Waals surface area contributed by atoms with E-state index in [2.05, 4.69) is 27.8 Å². The van der Waals surface area contributed by atoms with Gasteiger partial charge in [0.25, 0.3) is 0 Å². The molecule has 0 aliphatic carbocycles. The van der Waals surface area contributed by atoms with Crippen LogP contribution < -0.4 is 10.0 Å². The lowest BCUT2D eigenvalue weighted by Crippen LogP contribution is -2.20. The van der Waals surface area contributed by atoms with Crippen LogP contribution in [0.4, 0.5) is 10.5 Å². The van der Waals surface area contributed by atoms with Gasteiger partial charge < -0.3 is 5.32 Å². The molecule has 0 aliphatic rings. The van der Waals surface area contributed by atoms with Gasteiger partial charge in [0, 0.05) is 18.1 Å². The van der Waals surface area contributed by atoms with Crippen molar-refractivity contribution in [1.82, 2.24) is 9.71 Å². The van der Waals surface area contributed by atoms with E-state index in [9.17, 15) is 4.79 Å². The Morgan fingerprint density at radius 3 is 2.64 bits per heavy atom. The molecule has 1 rings (SSSR count). The maximum atomic E-state index is 10.7. The highest BCUT2D eigenvalue weighted by Crippen LogP contribution is 2.01. The molecular weight excluding hydrogens is 162 g/mol. The molecule has 0 saturated heterocycles. The van der Waals surface area contributed by atoms with Crippen molar-refractivity contribution in [3.8, 4) is 0 Å². The molecule has 2 N–H and O–H groups in total. The summed E-state index contributed by atoms with van der Waals surface area (Å²) in [6, 6.07) is 3.01. The number of aromatic nitrogens is 1. The molecule has 0 bridgehead atoms. The molecular formula is C6H7N3OS. The third kappa shape index (κ3) is 2.46. The molecule has 1 heterocycles. The van der Waals surface area contributed by atoms with Crippen LogP contribution in [0.15, 0.2) is 24.5 Å². The van der Waals surface area contributed by atoms with E-state index >= 15 is 0 Å². The molecule has 0 fully saturated rings. The van der Waals surface area contributed by atoms with Gasteiger partial charge in [-0.3, -0.25) is 9.71 Å². The summed E-state index contributed by atoms with van der Waals surface area (Å²) in [4.78, 5) is 14.4. The Morgan fingerprint density at radius 2 is 2.09 bits per heavy atom. The summed E-state index contributed by atoms with van der Waals surface area (Å²) in [5.41, 5.74) is 0.687. The highest BCUT2D eigenvalue weighted by molar-refractivity contribution is 7.78. The van der Waals surface area contributed by atoms with Gasteiger partial charge in [0.2, 0.25) is 0 Å². The molecule has 0 saturated carbocycles. The van der Waals surface area contributed by atoms with E-state index < -0.39 is 0 Å². The van der Waals surface area contributed by atoms with Gasteiger partial charge in [-0.2, -0.15) is 0 Å². The molecule has 5 heteroatoms. The first-order valence-corrected chi connectivity index (χ1v) is 3.39. The lowest BCUT2D eigenvalue weighted by Gasteiger charge is -2.00. The number of rotatable bonds is 1. The molecule has 1 aromatic heterocycles. The summed E-state index contributed by atoms with van der Waals surface area (Å²) in [6.07, 6.45) is 3.18. The minimum atomic E-state index is -0.362. The molecule has 0 unspecified atom stereocenters. The standard InChI is InChI=1S/C6H7N3OS/c10-6(9-11)8-5-1-3-7-4-2-5/h1-4,11H,(H2,7,8,9,10). The molecule has 0 atom stereocenters. The average Bonchev–Trinajstić information content (AvgIpc) is 2.06. The minimum absolute atomic E-state index is 0.362. The second-order valence-corrected chi connectivity index (χ2v) is 2.03. The normalized spacial score (nSPS) is 8.82. The van der Waals surface area contributed by atoms with Crippen LogP contribution in [-0.4, -0.2) is 11.0 Å². The first-order valence-electron chi connectivity index (χ1n) is 2.94. The average molecular weight is 169 g/mol. The van der Waals surface area contributed by atoms with Crippen molar-refractivity contribution in [1.29, 1.82) is 0 Å². The second-order valence-electron chi connectivity index (χ2n) is 1.80. The Balaban J connectivity index is 2.58. The van der Waals surface area contributed by atoms with Gasteiger partial charge in [-0.05, 0) is 12.1 Å². The summed E-state index contributed by atoms with van der Waals surface area (Å²) in [6.45, 7) is 0. The van der Waals surface area contributed by atoms with Gasteiger partial charge >= 0.3 is 6.03 Å². The lowest BCUT2D eigenvalue weighted by molar-refractivity contribution is 0.257. The molecule has 0 radical (unpaired) electrons. The van der Waals surface area contributed by atoms with E-state index in [1.165, 1.54) is 0 Å². The summed E-state index contributed by atoms with van der Waals surface area (Å²) in [7, 11) is 0. The maximum absolute atomic E-state index is 10.7. The number of amides is 2. The molecule has 58 valence electrons. The minimum Gasteiger partial charge on any atom is -0.307 e. The zero-order valence-corrected chi connectivity index (χ0v) is 6.51. The molecule has 1 aromatic rings. The van der Waals surface area contributed by atoms with E-state index in [1.807, 2.05) is 0 Å². The van der Waals surface area contributed by atoms with Gasteiger partial charge in [-0.1, -0.05) is 12.8 Å². The van der Waals surface area contributed by atoms with Crippen LogP contribution in [-0.2, 0) is 0 Å². The van der Waals surface area contributed by atoms with Crippen LogP contribution in [0.3, 0.4) is 0 Å². The zero-order chi connectivity index (χ0) is 8.10. The zero-order valence-electron chi connectivity index (χ0n) is 5.61. The van der Waals surface area contributed by atoms with Crippen LogP contribution in [0.2, 0.25) is 0 Å². The predicted octanol–water partition coefficient (Wildman–Crippen LogP) is 1.05. The van der Waals surface area contributed by atoms with Crippen LogP contribution in [0.5, 0.6) is 0 Å². The number of urea groups is 1. The SMILES string of the molecule is O=C(NS)Nc1ccncc1. The number of nitrogens with zero attached hydrogens (tertiary/aromatic N) is 1. The van der Waals surface area contributed by atoms with E-state index in [-0.39, 0.29) is 6.03 Å². The summed E-state index contributed by atoms with van der Waals surface area (Å²) < 4.78 is 2.14. The third-order valence-electron chi connectivity index (χ3n) is 1.04. The van der Waals surface area contributed by atoms with E-state index in [4.69, 9.17) is 0 Å². The highest BCUT2D eigenvalue weighted by Gasteiger charge is 1.95. The molecule has 2 amide bonds. The molecule has 11 heavy (non-hydrogen) atoms. The van der Waals surface area contributed by atoms with Crippen molar-refractivity contribution in [2.45, 2.75) is 0 Å². The van der Waals surface area contributed by atoms with Crippen molar-refractivity contribution in [2.75, 3.05) is 5.32 Å². The third-order valence-corrected chi connectivity index (χ3v) is 1.24. The molecule has 0 aromatic carbocycles. The van der Waals surface area contributed by atoms with E-state index in [0.717, 1.165) is 0 Å². The Bertz CT molecular complexity index is 239. The number of hydrogen-bond acceptors (Lipinski definition) is 3. The van der Waals surface area contributed by atoms with Crippen LogP contribution >= 0.6 is 12.8 Å². The fourth-order valence-corrected chi connectivity index (χ4v) is 0.650. The number of pyridine rings is 1. The molecule has 0 aliphatic heterocycles. The number of carbonyl (C=O) groups is 1. The van der Waals surface area contributed by atoms with Crippen molar-refractivity contribution in [3.05, 3.63) is 24.5 Å². The van der Waals surface area contributed by atoms with Gasteiger partial charge in [-0.25, -0.2) is 4.79 Å². The topological polar surface area (TPSA) is 54.0 Å². The van der Waals surface area contributed by atoms with Crippen molar-refractivity contribution in [2.24, 2.45) is 0 Å². The Labute approximate surface area is 69.6 Å². The summed E-state index contributed by atoms with van der Waals surface area (Å²) in [5.74, 6) is 0. The van der Waals surface area contributed by atoms with Crippen molar-refractivity contribution < 1.29 is 4.79 Å². The van der Waals surface area contributed by atoms with Gasteiger partial charge in [0.05, 0.1) is 0 Å². The maximum Gasteiger partial charge on any atom is 0.329 e. The van der Waals surface area contributed by atoms with Crippen molar-refractivity contribution in [3.63, 3.8) is 0 Å². The largest absolute Gasteiger partial charge is 0.329 e. The van der Waals surface area contributed by atoms with Crippen LogP contribution in [0, 0.1) is 0 Å². The smallest absolute Gasteiger partial charge is 0.307 e. The van der Waals surface area contributed by atoms with Crippen LogP contribution in [0.1, 0.15) is 0 Å². The van der Waals surface area contributed by atoms with E-state index in [0.29, 0.717) is 5.69 Å². The Kier molecular flexibility index (Phi) is 2.74. The predicted molar refractivity (Wildman–Crippen MR) is 45.4 cm³/mol. The Morgan fingerprint density at radius 1 is 1.45 bits per heavy atom. The van der Waals surface area contributed by atoms with Crippen LogP contribution in [0.25, 0.3) is 0 Å². The number of nitrogens with one attached hydrogen (secondary N) is 2. The first-order chi connectivity index (χ1) is 5.33. The molecule has 4 nitrogen and oxygen atoms in total.